The molecule has 0 atom stereocenters. The number of alkyl halides is 3. The van der Waals surface area contributed by atoms with Gasteiger partial charge in [-0.3, -0.25) is 4.99 Å². The average molecular weight is 166 g/mol. The summed E-state index contributed by atoms with van der Waals surface area (Å²) in [5, 5.41) is 0. The van der Waals surface area contributed by atoms with E-state index < -0.39 is 12.7 Å². The molecule has 0 aromatic carbocycles. The third-order valence-corrected chi connectivity index (χ3v) is 0.828. The maximum Gasteiger partial charge on any atom is 0.407 e. The van der Waals surface area contributed by atoms with Crippen LogP contribution in [0.3, 0.4) is 0 Å². The van der Waals surface area contributed by atoms with Crippen molar-refractivity contribution in [2.24, 2.45) is 10.7 Å². The van der Waals surface area contributed by atoms with Crippen molar-refractivity contribution in [1.82, 2.24) is 0 Å². The Balaban J connectivity index is 3.79. The molecule has 0 rings (SSSR count). The number of nitrogens with zero attached hydrogens (tertiary/aromatic N) is 1. The van der Waals surface area contributed by atoms with Crippen molar-refractivity contribution < 1.29 is 13.2 Å². The van der Waals surface area contributed by atoms with E-state index in [9.17, 15) is 13.2 Å². The quantitative estimate of drug-likeness (QED) is 0.620. The van der Waals surface area contributed by atoms with Gasteiger partial charge in [-0.15, -0.1) is 0 Å². The standard InChI is InChI=1S/C6H9F3N2/c1-5(2-10)3-11-4-6(7,8)9/h2-3H,4,10H2,1H3. The summed E-state index contributed by atoms with van der Waals surface area (Å²) in [6.45, 7) is 0.415. The molecule has 0 spiro atoms. The summed E-state index contributed by atoms with van der Waals surface area (Å²) in [5.41, 5.74) is 5.50. The van der Waals surface area contributed by atoms with E-state index in [1.165, 1.54) is 6.20 Å². The van der Waals surface area contributed by atoms with Gasteiger partial charge in [0.1, 0.15) is 6.54 Å². The fourth-order valence-electron chi connectivity index (χ4n) is 0.336. The lowest BCUT2D eigenvalue weighted by atomic mass is 10.4. The zero-order chi connectivity index (χ0) is 8.91. The minimum Gasteiger partial charge on any atom is -0.404 e. The monoisotopic (exact) mass is 166 g/mol. The lowest BCUT2D eigenvalue weighted by Gasteiger charge is -1.99. The highest BCUT2D eigenvalue weighted by Gasteiger charge is 2.25. The molecular weight excluding hydrogens is 157 g/mol. The Labute approximate surface area is 62.6 Å². The van der Waals surface area contributed by atoms with Crippen LogP contribution >= 0.6 is 0 Å². The van der Waals surface area contributed by atoms with Crippen molar-refractivity contribution in [1.29, 1.82) is 0 Å². The second-order valence-electron chi connectivity index (χ2n) is 2.00. The predicted octanol–water partition coefficient (Wildman–Crippen LogP) is 1.48. The van der Waals surface area contributed by atoms with Crippen molar-refractivity contribution in [2.75, 3.05) is 6.54 Å². The maximum atomic E-state index is 11.4. The summed E-state index contributed by atoms with van der Waals surface area (Å²) in [4.78, 5) is 3.12. The summed E-state index contributed by atoms with van der Waals surface area (Å²) >= 11 is 0. The van der Waals surface area contributed by atoms with E-state index in [1.807, 2.05) is 0 Å². The molecule has 11 heavy (non-hydrogen) atoms. The first-order valence-electron chi connectivity index (χ1n) is 2.91. The second-order valence-corrected chi connectivity index (χ2v) is 2.00. The molecule has 0 fully saturated rings. The second kappa shape index (κ2) is 4.00. The molecule has 0 amide bonds. The van der Waals surface area contributed by atoms with Crippen LogP contribution in [0.2, 0.25) is 0 Å². The molecule has 0 radical (unpaired) electrons. The zero-order valence-electron chi connectivity index (χ0n) is 6.02. The largest absolute Gasteiger partial charge is 0.407 e. The van der Waals surface area contributed by atoms with Crippen LogP contribution in [0.4, 0.5) is 13.2 Å². The predicted molar refractivity (Wildman–Crippen MR) is 37.4 cm³/mol. The topological polar surface area (TPSA) is 38.4 Å². The van der Waals surface area contributed by atoms with Crippen LogP contribution in [0.5, 0.6) is 0 Å². The number of nitrogens with two attached hydrogens (primary N) is 1. The lowest BCUT2D eigenvalue weighted by molar-refractivity contribution is -0.118. The molecule has 5 heteroatoms. The molecule has 0 aliphatic rings. The fraction of sp³-hybridized carbons (Fsp3) is 0.500. The molecule has 0 unspecified atom stereocenters. The van der Waals surface area contributed by atoms with Gasteiger partial charge in [0, 0.05) is 6.21 Å². The molecule has 2 nitrogen and oxygen atoms in total. The molecular formula is C6H9F3N2. The number of aliphatic imine (C=N–C) groups is 1. The molecule has 64 valence electrons. The van der Waals surface area contributed by atoms with Crippen molar-refractivity contribution >= 4 is 6.21 Å². The van der Waals surface area contributed by atoms with Crippen LogP contribution in [0.1, 0.15) is 6.92 Å². The van der Waals surface area contributed by atoms with Gasteiger partial charge >= 0.3 is 6.18 Å². The minimum atomic E-state index is -4.23. The third-order valence-electron chi connectivity index (χ3n) is 0.828. The minimum absolute atomic E-state index is 0.509. The molecule has 0 heterocycles. The molecule has 0 bridgehead atoms. The fourth-order valence-corrected chi connectivity index (χ4v) is 0.336. The zero-order valence-corrected chi connectivity index (χ0v) is 6.02. The van der Waals surface area contributed by atoms with Gasteiger partial charge in [0.15, 0.2) is 0 Å². The summed E-state index contributed by atoms with van der Waals surface area (Å²) < 4.78 is 34.3. The van der Waals surface area contributed by atoms with E-state index in [0.29, 0.717) is 5.57 Å². The Kier molecular flexibility index (Phi) is 3.64. The third kappa shape index (κ3) is 6.89. The van der Waals surface area contributed by atoms with Gasteiger partial charge in [0.05, 0.1) is 0 Å². The SMILES string of the molecule is CC(C=NCC(F)(F)F)=CN. The smallest absolute Gasteiger partial charge is 0.404 e. The number of rotatable bonds is 2. The number of hydrogen-bond donors (Lipinski definition) is 1. The van der Waals surface area contributed by atoms with E-state index in [2.05, 4.69) is 4.99 Å². The molecule has 0 aliphatic carbocycles. The van der Waals surface area contributed by atoms with Gasteiger partial charge < -0.3 is 5.73 Å². The van der Waals surface area contributed by atoms with E-state index in [-0.39, 0.29) is 0 Å². The van der Waals surface area contributed by atoms with Crippen molar-refractivity contribution in [3.05, 3.63) is 11.8 Å². The van der Waals surface area contributed by atoms with Gasteiger partial charge in [-0.25, -0.2) is 0 Å². The summed E-state index contributed by atoms with van der Waals surface area (Å²) in [6, 6.07) is 0. The molecule has 0 saturated heterocycles. The van der Waals surface area contributed by atoms with Crippen LogP contribution in [0.25, 0.3) is 0 Å². The van der Waals surface area contributed by atoms with Crippen LogP contribution in [-0.2, 0) is 0 Å². The first kappa shape index (κ1) is 10.0. The Morgan fingerprint density at radius 3 is 2.45 bits per heavy atom. The molecule has 0 aromatic heterocycles. The van der Waals surface area contributed by atoms with Crippen LogP contribution in [0.15, 0.2) is 16.8 Å². The van der Waals surface area contributed by atoms with Crippen molar-refractivity contribution in [2.45, 2.75) is 13.1 Å². The van der Waals surface area contributed by atoms with E-state index in [1.54, 1.807) is 6.92 Å². The molecule has 0 aromatic rings. The first-order valence-corrected chi connectivity index (χ1v) is 2.91. The highest BCUT2D eigenvalue weighted by atomic mass is 19.4. The van der Waals surface area contributed by atoms with Crippen LogP contribution in [-0.4, -0.2) is 18.9 Å². The molecule has 0 saturated carbocycles. The summed E-state index contributed by atoms with van der Waals surface area (Å²) in [5.74, 6) is 0. The maximum absolute atomic E-state index is 11.4. The number of hydrogen-bond acceptors (Lipinski definition) is 2. The Bertz CT molecular complexity index is 169. The number of allylic oxidation sites excluding steroid dienone is 1. The van der Waals surface area contributed by atoms with Crippen LogP contribution in [0, 0.1) is 0 Å². The van der Waals surface area contributed by atoms with Gasteiger partial charge in [-0.1, -0.05) is 0 Å². The summed E-state index contributed by atoms with van der Waals surface area (Å²) in [7, 11) is 0. The highest BCUT2D eigenvalue weighted by molar-refractivity contribution is 5.77. The number of halogens is 3. The molecule has 0 aliphatic heterocycles. The van der Waals surface area contributed by atoms with E-state index in [0.717, 1.165) is 6.21 Å². The van der Waals surface area contributed by atoms with Gasteiger partial charge in [0.25, 0.3) is 0 Å². The molecule has 2 N–H and O–H groups in total. The van der Waals surface area contributed by atoms with Gasteiger partial charge in [-0.2, -0.15) is 13.2 Å². The highest BCUT2D eigenvalue weighted by Crippen LogP contribution is 2.13. The van der Waals surface area contributed by atoms with E-state index in [4.69, 9.17) is 5.73 Å². The van der Waals surface area contributed by atoms with Crippen molar-refractivity contribution in [3.8, 4) is 0 Å². The first-order chi connectivity index (χ1) is 4.95. The van der Waals surface area contributed by atoms with Crippen molar-refractivity contribution in [3.63, 3.8) is 0 Å². The Morgan fingerprint density at radius 2 is 2.09 bits per heavy atom. The summed E-state index contributed by atoms with van der Waals surface area (Å²) in [6.07, 6.45) is -1.95. The Morgan fingerprint density at radius 1 is 1.55 bits per heavy atom. The normalized spacial score (nSPS) is 14.4. The Hall–Kier alpha value is -1.00. The van der Waals surface area contributed by atoms with Gasteiger partial charge in [0.2, 0.25) is 0 Å². The van der Waals surface area contributed by atoms with Crippen LogP contribution < -0.4 is 5.73 Å². The van der Waals surface area contributed by atoms with Gasteiger partial charge in [-0.05, 0) is 18.7 Å². The average Bonchev–Trinajstić information content (AvgIpc) is 1.85. The van der Waals surface area contributed by atoms with E-state index >= 15 is 0 Å². The lowest BCUT2D eigenvalue weighted by Crippen LogP contribution is -2.11.